The molecule has 2 heteroatoms. The van der Waals surface area contributed by atoms with Crippen molar-refractivity contribution in [2.75, 3.05) is 11.9 Å². The monoisotopic (exact) mass is 230 g/mol. The van der Waals surface area contributed by atoms with E-state index in [4.69, 9.17) is 0 Å². The number of benzene rings is 1. The van der Waals surface area contributed by atoms with Crippen molar-refractivity contribution in [1.82, 2.24) is 5.32 Å². The molecule has 0 unspecified atom stereocenters. The first-order valence-corrected chi connectivity index (χ1v) is 6.44. The number of hydrogen-bond donors (Lipinski definition) is 2. The molecular formula is C15H22N2. The third-order valence-corrected chi connectivity index (χ3v) is 3.50. The van der Waals surface area contributed by atoms with E-state index in [2.05, 4.69) is 49.3 Å². The molecule has 17 heavy (non-hydrogen) atoms. The zero-order chi connectivity index (χ0) is 12.3. The molecule has 2 nitrogen and oxygen atoms in total. The third kappa shape index (κ3) is 2.89. The highest BCUT2D eigenvalue weighted by molar-refractivity contribution is 5.60. The summed E-state index contributed by atoms with van der Waals surface area (Å²) < 4.78 is 0. The molecule has 0 bridgehead atoms. The zero-order valence-corrected chi connectivity index (χ0v) is 10.8. The highest BCUT2D eigenvalue weighted by atomic mass is 15.0. The molecule has 1 aliphatic rings. The van der Waals surface area contributed by atoms with E-state index in [0.717, 1.165) is 12.2 Å². The minimum absolute atomic E-state index is 0.419. The van der Waals surface area contributed by atoms with Crippen LogP contribution in [-0.4, -0.2) is 12.6 Å². The number of rotatable bonds is 3. The summed E-state index contributed by atoms with van der Waals surface area (Å²) in [5, 5.41) is 7.01. The van der Waals surface area contributed by atoms with Gasteiger partial charge in [0.05, 0.1) is 0 Å². The van der Waals surface area contributed by atoms with Crippen molar-refractivity contribution in [3.63, 3.8) is 0 Å². The van der Waals surface area contributed by atoms with Crippen molar-refractivity contribution in [2.24, 2.45) is 0 Å². The predicted octanol–water partition coefficient (Wildman–Crippen LogP) is 3.37. The van der Waals surface area contributed by atoms with E-state index in [-0.39, 0.29) is 0 Å². The van der Waals surface area contributed by atoms with E-state index in [1.165, 1.54) is 36.1 Å². The average Bonchev–Trinajstić information content (AvgIpc) is 2.35. The van der Waals surface area contributed by atoms with Gasteiger partial charge in [-0.15, -0.1) is 0 Å². The highest BCUT2D eigenvalue weighted by Gasteiger charge is 2.16. The van der Waals surface area contributed by atoms with Gasteiger partial charge in [-0.3, -0.25) is 0 Å². The lowest BCUT2D eigenvalue weighted by atomic mass is 10.0. The second-order valence-electron chi connectivity index (χ2n) is 4.92. The molecule has 1 aromatic rings. The maximum absolute atomic E-state index is 4.18. The van der Waals surface area contributed by atoms with Crippen LogP contribution in [0.25, 0.3) is 0 Å². The summed E-state index contributed by atoms with van der Waals surface area (Å²) >= 11 is 0. The Hall–Kier alpha value is -1.28. The highest BCUT2D eigenvalue weighted by Crippen LogP contribution is 2.23. The average molecular weight is 230 g/mol. The van der Waals surface area contributed by atoms with Crippen LogP contribution in [0.3, 0.4) is 0 Å². The Morgan fingerprint density at radius 3 is 2.59 bits per heavy atom. The largest absolute Gasteiger partial charge is 0.358 e. The Bertz CT molecular complexity index is 383. The van der Waals surface area contributed by atoms with Gasteiger partial charge in [-0.1, -0.05) is 31.2 Å². The van der Waals surface area contributed by atoms with Crippen LogP contribution in [0.4, 0.5) is 5.69 Å². The van der Waals surface area contributed by atoms with Gasteiger partial charge in [0.2, 0.25) is 0 Å². The van der Waals surface area contributed by atoms with Crippen LogP contribution in [0.1, 0.15) is 30.4 Å². The lowest BCUT2D eigenvalue weighted by molar-refractivity contribution is 0.442. The lowest BCUT2D eigenvalue weighted by Crippen LogP contribution is -2.37. The third-order valence-electron chi connectivity index (χ3n) is 3.50. The fourth-order valence-electron chi connectivity index (χ4n) is 2.41. The number of anilines is 1. The van der Waals surface area contributed by atoms with Crippen LogP contribution in [0.15, 0.2) is 30.5 Å². The molecule has 1 aliphatic heterocycles. The smallest absolute Gasteiger partial charge is 0.0466 e. The summed E-state index contributed by atoms with van der Waals surface area (Å²) in [4.78, 5) is 0. The molecule has 2 rings (SSSR count). The van der Waals surface area contributed by atoms with Crippen LogP contribution in [-0.2, 0) is 0 Å². The van der Waals surface area contributed by atoms with Gasteiger partial charge in [0.25, 0.3) is 0 Å². The van der Waals surface area contributed by atoms with E-state index in [1.807, 2.05) is 0 Å². The summed E-state index contributed by atoms with van der Waals surface area (Å²) in [6.45, 7) is 9.56. The number of para-hydroxylation sites is 1. The van der Waals surface area contributed by atoms with Gasteiger partial charge in [-0.25, -0.2) is 0 Å². The molecular weight excluding hydrogens is 208 g/mol. The minimum atomic E-state index is 0.419. The Morgan fingerprint density at radius 1 is 1.29 bits per heavy atom. The van der Waals surface area contributed by atoms with Crippen LogP contribution in [0.5, 0.6) is 0 Å². The number of aryl methyl sites for hydroxylation is 2. The fourth-order valence-corrected chi connectivity index (χ4v) is 2.41. The van der Waals surface area contributed by atoms with E-state index < -0.39 is 0 Å². The lowest BCUT2D eigenvalue weighted by Gasteiger charge is -2.27. The quantitative estimate of drug-likeness (QED) is 0.832. The number of nitrogens with one attached hydrogen (secondary N) is 2. The Kier molecular flexibility index (Phi) is 3.85. The molecule has 1 saturated heterocycles. The molecule has 0 aliphatic carbocycles. The molecule has 1 fully saturated rings. The molecule has 0 aromatic heterocycles. The topological polar surface area (TPSA) is 24.1 Å². The fraction of sp³-hybridized carbons (Fsp3) is 0.467. The summed E-state index contributed by atoms with van der Waals surface area (Å²) in [5.74, 6) is 0. The standard InChI is InChI=1S/C15H22N2/c1-11-7-6-8-12(2)15(11)17-13(3)14-9-4-5-10-16-14/h6-8,14,16-17H,3-5,9-10H2,1-2H3/t14-/m0/s1. The maximum atomic E-state index is 4.18. The first kappa shape index (κ1) is 12.2. The van der Waals surface area contributed by atoms with Crippen molar-refractivity contribution in [3.8, 4) is 0 Å². The maximum Gasteiger partial charge on any atom is 0.0466 e. The normalized spacial score (nSPS) is 20.0. The van der Waals surface area contributed by atoms with Gasteiger partial charge >= 0.3 is 0 Å². The van der Waals surface area contributed by atoms with Gasteiger partial charge in [0.1, 0.15) is 0 Å². The van der Waals surface area contributed by atoms with Gasteiger partial charge in [-0.2, -0.15) is 0 Å². The summed E-state index contributed by atoms with van der Waals surface area (Å²) in [6, 6.07) is 6.79. The molecule has 1 atom stereocenters. The second kappa shape index (κ2) is 5.37. The van der Waals surface area contributed by atoms with Crippen LogP contribution >= 0.6 is 0 Å². The molecule has 0 spiro atoms. The molecule has 0 amide bonds. The minimum Gasteiger partial charge on any atom is -0.358 e. The van der Waals surface area contributed by atoms with Crippen molar-refractivity contribution in [2.45, 2.75) is 39.2 Å². The first-order chi connectivity index (χ1) is 8.18. The molecule has 92 valence electrons. The zero-order valence-electron chi connectivity index (χ0n) is 10.8. The van der Waals surface area contributed by atoms with Crippen LogP contribution in [0, 0.1) is 13.8 Å². The molecule has 0 saturated carbocycles. The summed E-state index contributed by atoms with van der Waals surface area (Å²) in [6.07, 6.45) is 3.77. The van der Waals surface area contributed by atoms with Crippen molar-refractivity contribution >= 4 is 5.69 Å². The first-order valence-electron chi connectivity index (χ1n) is 6.44. The van der Waals surface area contributed by atoms with E-state index in [9.17, 15) is 0 Å². The number of piperidine rings is 1. The molecule has 1 aromatic carbocycles. The molecule has 0 radical (unpaired) electrons. The Labute approximate surface area is 104 Å². The molecule has 1 heterocycles. The Balaban J connectivity index is 2.07. The summed E-state index contributed by atoms with van der Waals surface area (Å²) in [5.41, 5.74) is 4.87. The summed E-state index contributed by atoms with van der Waals surface area (Å²) in [7, 11) is 0. The number of hydrogen-bond acceptors (Lipinski definition) is 2. The van der Waals surface area contributed by atoms with Gasteiger partial charge in [0, 0.05) is 17.4 Å². The second-order valence-corrected chi connectivity index (χ2v) is 4.92. The van der Waals surface area contributed by atoms with Crippen molar-refractivity contribution < 1.29 is 0 Å². The van der Waals surface area contributed by atoms with E-state index in [1.54, 1.807) is 0 Å². The van der Waals surface area contributed by atoms with Gasteiger partial charge in [0.15, 0.2) is 0 Å². The van der Waals surface area contributed by atoms with Crippen molar-refractivity contribution in [1.29, 1.82) is 0 Å². The predicted molar refractivity (Wildman–Crippen MR) is 74.3 cm³/mol. The van der Waals surface area contributed by atoms with Gasteiger partial charge in [-0.05, 0) is 44.4 Å². The van der Waals surface area contributed by atoms with Gasteiger partial charge < -0.3 is 10.6 Å². The van der Waals surface area contributed by atoms with E-state index >= 15 is 0 Å². The SMILES string of the molecule is C=C(Nc1c(C)cccc1C)[C@@H]1CCCCN1. The van der Waals surface area contributed by atoms with Crippen LogP contribution < -0.4 is 10.6 Å². The van der Waals surface area contributed by atoms with Crippen molar-refractivity contribution in [3.05, 3.63) is 41.6 Å². The Morgan fingerprint density at radius 2 is 2.00 bits per heavy atom. The molecule has 2 N–H and O–H groups in total. The van der Waals surface area contributed by atoms with E-state index in [0.29, 0.717) is 6.04 Å². The van der Waals surface area contributed by atoms with Crippen LogP contribution in [0.2, 0.25) is 0 Å².